The third-order valence-corrected chi connectivity index (χ3v) is 3.73. The molecule has 4 heteroatoms. The Labute approximate surface area is 114 Å². The molecule has 1 aromatic rings. The lowest BCUT2D eigenvalue weighted by atomic mass is 10.0. The van der Waals surface area contributed by atoms with Crippen molar-refractivity contribution < 1.29 is 9.13 Å². The summed E-state index contributed by atoms with van der Waals surface area (Å²) in [6.45, 7) is 5.29. The van der Waals surface area contributed by atoms with E-state index in [1.165, 1.54) is 6.07 Å². The van der Waals surface area contributed by atoms with Gasteiger partial charge in [0.25, 0.3) is 0 Å². The molecule has 1 N–H and O–H groups in total. The minimum Gasteiger partial charge on any atom is -0.380 e. The summed E-state index contributed by atoms with van der Waals surface area (Å²) in [5.41, 5.74) is 0.745. The summed E-state index contributed by atoms with van der Waals surface area (Å²) in [4.78, 5) is 2.27. The first-order valence-corrected chi connectivity index (χ1v) is 6.98. The van der Waals surface area contributed by atoms with Gasteiger partial charge in [-0.25, -0.2) is 4.39 Å². The Balaban J connectivity index is 2.05. The van der Waals surface area contributed by atoms with Gasteiger partial charge in [0.05, 0.1) is 6.61 Å². The highest BCUT2D eigenvalue weighted by atomic mass is 19.1. The fourth-order valence-corrected chi connectivity index (χ4v) is 2.58. The van der Waals surface area contributed by atoms with E-state index in [0.29, 0.717) is 6.04 Å². The van der Waals surface area contributed by atoms with Gasteiger partial charge in [-0.15, -0.1) is 0 Å². The zero-order chi connectivity index (χ0) is 13.7. The van der Waals surface area contributed by atoms with E-state index < -0.39 is 0 Å². The number of hydrogen-bond donors (Lipinski definition) is 1. The maximum Gasteiger partial charge on any atom is 0.128 e. The summed E-state index contributed by atoms with van der Waals surface area (Å²) < 4.78 is 19.3. The number of rotatable bonds is 6. The molecular weight excluding hydrogens is 243 g/mol. The van der Waals surface area contributed by atoms with Gasteiger partial charge in [0.15, 0.2) is 0 Å². The first-order chi connectivity index (χ1) is 9.22. The van der Waals surface area contributed by atoms with Crippen LogP contribution in [0.2, 0.25) is 0 Å². The van der Waals surface area contributed by atoms with Crippen LogP contribution in [0.5, 0.6) is 0 Å². The minimum atomic E-state index is -0.135. The van der Waals surface area contributed by atoms with Crippen molar-refractivity contribution in [3.63, 3.8) is 0 Å². The SMILES string of the molecule is CCNC(CN(C)C1CCOC1)c1ccccc1F. The van der Waals surface area contributed by atoms with Gasteiger partial charge in [-0.1, -0.05) is 25.1 Å². The molecule has 1 saturated heterocycles. The van der Waals surface area contributed by atoms with E-state index in [-0.39, 0.29) is 11.9 Å². The van der Waals surface area contributed by atoms with E-state index in [2.05, 4.69) is 17.3 Å². The molecule has 0 spiro atoms. The van der Waals surface area contributed by atoms with Crippen molar-refractivity contribution in [3.8, 4) is 0 Å². The maximum atomic E-state index is 13.9. The number of halogens is 1. The second kappa shape index (κ2) is 6.98. The van der Waals surface area contributed by atoms with Crippen molar-refractivity contribution in [3.05, 3.63) is 35.6 Å². The molecular formula is C15H23FN2O. The van der Waals surface area contributed by atoms with Crippen LogP contribution in [-0.2, 0) is 4.74 Å². The highest BCUT2D eigenvalue weighted by Gasteiger charge is 2.24. The van der Waals surface area contributed by atoms with E-state index in [1.807, 2.05) is 19.1 Å². The molecule has 1 aliphatic rings. The maximum absolute atomic E-state index is 13.9. The van der Waals surface area contributed by atoms with E-state index in [9.17, 15) is 4.39 Å². The number of nitrogens with one attached hydrogen (secondary N) is 1. The van der Waals surface area contributed by atoms with Crippen LogP contribution in [-0.4, -0.2) is 44.3 Å². The number of hydrogen-bond acceptors (Lipinski definition) is 3. The largest absolute Gasteiger partial charge is 0.380 e. The summed E-state index contributed by atoms with van der Waals surface area (Å²) in [5, 5.41) is 3.37. The molecule has 2 atom stereocenters. The molecule has 2 unspecified atom stereocenters. The molecule has 0 amide bonds. The Morgan fingerprint density at radius 1 is 1.47 bits per heavy atom. The number of nitrogens with zero attached hydrogens (tertiary/aromatic N) is 1. The zero-order valence-corrected chi connectivity index (χ0v) is 11.7. The summed E-state index contributed by atoms with van der Waals surface area (Å²) in [6, 6.07) is 7.49. The number of likely N-dealkylation sites (N-methyl/N-ethyl adjacent to an activating group) is 2. The van der Waals surface area contributed by atoms with Crippen LogP contribution in [0.1, 0.15) is 24.9 Å². The number of benzene rings is 1. The predicted octanol–water partition coefficient (Wildman–Crippen LogP) is 2.20. The van der Waals surface area contributed by atoms with Gasteiger partial charge in [-0.3, -0.25) is 4.90 Å². The smallest absolute Gasteiger partial charge is 0.128 e. The first-order valence-electron chi connectivity index (χ1n) is 6.98. The molecule has 0 saturated carbocycles. The Hall–Kier alpha value is -0.970. The fourth-order valence-electron chi connectivity index (χ4n) is 2.58. The zero-order valence-electron chi connectivity index (χ0n) is 11.7. The second-order valence-electron chi connectivity index (χ2n) is 5.09. The van der Waals surface area contributed by atoms with Gasteiger partial charge in [-0.05, 0) is 26.1 Å². The average Bonchev–Trinajstić information content (AvgIpc) is 2.93. The normalized spacial score (nSPS) is 20.9. The van der Waals surface area contributed by atoms with E-state index in [0.717, 1.165) is 38.3 Å². The fraction of sp³-hybridized carbons (Fsp3) is 0.600. The van der Waals surface area contributed by atoms with Gasteiger partial charge in [-0.2, -0.15) is 0 Å². The van der Waals surface area contributed by atoms with Crippen molar-refractivity contribution in [2.24, 2.45) is 0 Å². The molecule has 0 aliphatic carbocycles. The average molecular weight is 266 g/mol. The summed E-state index contributed by atoms with van der Waals surface area (Å²) in [5.74, 6) is -0.135. The lowest BCUT2D eigenvalue weighted by Crippen LogP contribution is -2.39. The van der Waals surface area contributed by atoms with Crippen LogP contribution < -0.4 is 5.32 Å². The van der Waals surface area contributed by atoms with E-state index in [1.54, 1.807) is 6.07 Å². The standard InChI is InChI=1S/C15H23FN2O/c1-3-17-15(13-6-4-5-7-14(13)16)10-18(2)12-8-9-19-11-12/h4-7,12,15,17H,3,8-11H2,1-2H3. The van der Waals surface area contributed by atoms with Gasteiger partial charge in [0, 0.05) is 30.8 Å². The lowest BCUT2D eigenvalue weighted by Gasteiger charge is -2.29. The number of ether oxygens (including phenoxy) is 1. The second-order valence-corrected chi connectivity index (χ2v) is 5.09. The van der Waals surface area contributed by atoms with Crippen molar-refractivity contribution in [2.75, 3.05) is 33.4 Å². The van der Waals surface area contributed by atoms with Crippen LogP contribution in [0.4, 0.5) is 4.39 Å². The van der Waals surface area contributed by atoms with Gasteiger partial charge in [0.2, 0.25) is 0 Å². The summed E-state index contributed by atoms with van der Waals surface area (Å²) >= 11 is 0. The topological polar surface area (TPSA) is 24.5 Å². The molecule has 1 aliphatic heterocycles. The van der Waals surface area contributed by atoms with Gasteiger partial charge >= 0.3 is 0 Å². The third-order valence-electron chi connectivity index (χ3n) is 3.73. The van der Waals surface area contributed by atoms with Crippen molar-refractivity contribution in [2.45, 2.75) is 25.4 Å². The molecule has 1 heterocycles. The Morgan fingerprint density at radius 2 is 2.26 bits per heavy atom. The van der Waals surface area contributed by atoms with E-state index in [4.69, 9.17) is 4.74 Å². The summed E-state index contributed by atoms with van der Waals surface area (Å²) in [7, 11) is 2.09. The van der Waals surface area contributed by atoms with Crippen molar-refractivity contribution in [1.82, 2.24) is 10.2 Å². The van der Waals surface area contributed by atoms with Crippen LogP contribution >= 0.6 is 0 Å². The van der Waals surface area contributed by atoms with Crippen LogP contribution in [0.25, 0.3) is 0 Å². The molecule has 0 aromatic heterocycles. The molecule has 0 radical (unpaired) electrons. The molecule has 19 heavy (non-hydrogen) atoms. The van der Waals surface area contributed by atoms with E-state index >= 15 is 0 Å². The highest BCUT2D eigenvalue weighted by Crippen LogP contribution is 2.20. The molecule has 1 aromatic carbocycles. The highest BCUT2D eigenvalue weighted by molar-refractivity contribution is 5.21. The van der Waals surface area contributed by atoms with Gasteiger partial charge < -0.3 is 10.1 Å². The Morgan fingerprint density at radius 3 is 2.89 bits per heavy atom. The predicted molar refractivity (Wildman–Crippen MR) is 74.7 cm³/mol. The quantitative estimate of drug-likeness (QED) is 0.854. The van der Waals surface area contributed by atoms with Crippen molar-refractivity contribution >= 4 is 0 Å². The first kappa shape index (κ1) is 14.4. The monoisotopic (exact) mass is 266 g/mol. The minimum absolute atomic E-state index is 0.0248. The van der Waals surface area contributed by atoms with Crippen LogP contribution in [0.3, 0.4) is 0 Å². The third kappa shape index (κ3) is 3.75. The summed E-state index contributed by atoms with van der Waals surface area (Å²) in [6.07, 6.45) is 1.06. The lowest BCUT2D eigenvalue weighted by molar-refractivity contribution is 0.152. The Kier molecular flexibility index (Phi) is 5.31. The van der Waals surface area contributed by atoms with Gasteiger partial charge in [0.1, 0.15) is 5.82 Å². The molecule has 1 fully saturated rings. The Bertz CT molecular complexity index is 393. The van der Waals surface area contributed by atoms with Crippen molar-refractivity contribution in [1.29, 1.82) is 0 Å². The molecule has 3 nitrogen and oxygen atoms in total. The molecule has 106 valence electrons. The molecule has 2 rings (SSSR count). The van der Waals surface area contributed by atoms with Crippen LogP contribution in [0.15, 0.2) is 24.3 Å². The molecule has 0 bridgehead atoms. The van der Waals surface area contributed by atoms with Crippen LogP contribution in [0, 0.1) is 5.82 Å².